The lowest BCUT2D eigenvalue weighted by Gasteiger charge is -2.33. The average Bonchev–Trinajstić information content (AvgIpc) is 3.25. The van der Waals surface area contributed by atoms with E-state index in [1.54, 1.807) is 22.7 Å². The molecule has 1 aliphatic rings. The fourth-order valence-corrected chi connectivity index (χ4v) is 6.84. The van der Waals surface area contributed by atoms with Gasteiger partial charge in [0, 0.05) is 56.6 Å². The van der Waals surface area contributed by atoms with Crippen molar-refractivity contribution in [2.75, 3.05) is 58.7 Å². The number of piperazine rings is 1. The quantitative estimate of drug-likeness (QED) is 0.637. The van der Waals surface area contributed by atoms with Crippen molar-refractivity contribution < 1.29 is 17.9 Å². The topological polar surface area (TPSA) is 79.0 Å². The van der Waals surface area contributed by atoms with Gasteiger partial charge in [-0.05, 0) is 18.6 Å². The Morgan fingerprint density at radius 2 is 1.96 bits per heavy atom. The minimum atomic E-state index is -3.24. The number of thiophene rings is 2. The number of aryl methyl sites for hydroxylation is 1. The standard InChI is InChI=1S/C18H27N3O4S3/c1-3-15-12-14-13-16(27-18(14)26-15)17(22)19-4-5-20-6-8-21(9-7-20)28(23,24)11-10-25-2/h12-13H,3-11H2,1-2H3,(H,19,22). The zero-order valence-electron chi connectivity index (χ0n) is 16.3. The van der Waals surface area contributed by atoms with Crippen LogP contribution in [0.25, 0.3) is 9.40 Å². The van der Waals surface area contributed by atoms with Crippen LogP contribution in [0.5, 0.6) is 0 Å². The third kappa shape index (κ3) is 5.31. The van der Waals surface area contributed by atoms with Gasteiger partial charge in [-0.1, -0.05) is 6.92 Å². The molecule has 10 heteroatoms. The van der Waals surface area contributed by atoms with Gasteiger partial charge in [0.15, 0.2) is 0 Å². The third-order valence-electron chi connectivity index (χ3n) is 4.82. The van der Waals surface area contributed by atoms with Gasteiger partial charge in [0.2, 0.25) is 10.0 Å². The molecule has 2 aromatic rings. The molecule has 3 rings (SSSR count). The Balaban J connectivity index is 1.41. The second kappa shape index (κ2) is 9.64. The number of carbonyl (C=O) groups excluding carboxylic acids is 1. The van der Waals surface area contributed by atoms with E-state index >= 15 is 0 Å². The van der Waals surface area contributed by atoms with Crippen LogP contribution in [0, 0.1) is 0 Å². The molecule has 0 aliphatic carbocycles. The predicted molar refractivity (Wildman–Crippen MR) is 115 cm³/mol. The minimum absolute atomic E-state index is 0.0254. The summed E-state index contributed by atoms with van der Waals surface area (Å²) in [7, 11) is -1.73. The highest BCUT2D eigenvalue weighted by molar-refractivity contribution is 7.89. The van der Waals surface area contributed by atoms with E-state index in [1.165, 1.54) is 20.3 Å². The highest BCUT2D eigenvalue weighted by Crippen LogP contribution is 2.33. The van der Waals surface area contributed by atoms with E-state index in [-0.39, 0.29) is 18.3 Å². The predicted octanol–water partition coefficient (Wildman–Crippen LogP) is 1.85. The molecule has 2 aromatic heterocycles. The van der Waals surface area contributed by atoms with E-state index in [0.717, 1.165) is 23.2 Å². The Kier molecular flexibility index (Phi) is 7.46. The molecule has 0 bridgehead atoms. The van der Waals surface area contributed by atoms with Crippen molar-refractivity contribution in [3.63, 3.8) is 0 Å². The average molecular weight is 446 g/mol. The first-order valence-corrected chi connectivity index (χ1v) is 12.7. The smallest absolute Gasteiger partial charge is 0.261 e. The van der Waals surface area contributed by atoms with Gasteiger partial charge in [-0.3, -0.25) is 9.69 Å². The number of methoxy groups -OCH3 is 1. The lowest BCUT2D eigenvalue weighted by atomic mass is 10.3. The maximum atomic E-state index is 12.4. The molecule has 0 atom stereocenters. The molecule has 3 heterocycles. The number of ether oxygens (including phenoxy) is 1. The van der Waals surface area contributed by atoms with E-state index in [1.807, 2.05) is 6.07 Å². The van der Waals surface area contributed by atoms with E-state index < -0.39 is 10.0 Å². The number of nitrogens with zero attached hydrogens (tertiary/aromatic N) is 2. The van der Waals surface area contributed by atoms with Gasteiger partial charge in [0.1, 0.15) is 0 Å². The monoisotopic (exact) mass is 445 g/mol. The van der Waals surface area contributed by atoms with Crippen molar-refractivity contribution in [1.29, 1.82) is 0 Å². The molecular weight excluding hydrogens is 418 g/mol. The van der Waals surface area contributed by atoms with E-state index in [4.69, 9.17) is 4.74 Å². The first kappa shape index (κ1) is 21.7. The Labute approximate surface area is 174 Å². The second-order valence-corrected chi connectivity index (χ2v) is 11.3. The van der Waals surface area contributed by atoms with Crippen LogP contribution in [0.4, 0.5) is 0 Å². The number of rotatable bonds is 9. The van der Waals surface area contributed by atoms with E-state index in [2.05, 4.69) is 23.2 Å². The van der Waals surface area contributed by atoms with Gasteiger partial charge >= 0.3 is 0 Å². The van der Waals surface area contributed by atoms with Crippen LogP contribution < -0.4 is 5.32 Å². The van der Waals surface area contributed by atoms with Crippen molar-refractivity contribution in [2.24, 2.45) is 0 Å². The summed E-state index contributed by atoms with van der Waals surface area (Å²) < 4.78 is 32.0. The number of nitrogens with one attached hydrogen (secondary N) is 1. The largest absolute Gasteiger partial charge is 0.384 e. The lowest BCUT2D eigenvalue weighted by molar-refractivity contribution is 0.0949. The van der Waals surface area contributed by atoms with Crippen molar-refractivity contribution in [2.45, 2.75) is 13.3 Å². The number of carbonyl (C=O) groups is 1. The van der Waals surface area contributed by atoms with Crippen molar-refractivity contribution >= 4 is 48.0 Å². The van der Waals surface area contributed by atoms with Crippen LogP contribution >= 0.6 is 22.7 Å². The first-order valence-electron chi connectivity index (χ1n) is 9.42. The Hall–Kier alpha value is -1.04. The van der Waals surface area contributed by atoms with Crippen LogP contribution in [0.2, 0.25) is 0 Å². The van der Waals surface area contributed by atoms with Gasteiger partial charge in [0.25, 0.3) is 5.91 Å². The molecule has 7 nitrogen and oxygen atoms in total. The maximum Gasteiger partial charge on any atom is 0.261 e. The Morgan fingerprint density at radius 3 is 2.61 bits per heavy atom. The number of hydrogen-bond donors (Lipinski definition) is 1. The normalized spacial score (nSPS) is 16.6. The third-order valence-corrected chi connectivity index (χ3v) is 9.19. The summed E-state index contributed by atoms with van der Waals surface area (Å²) in [6.07, 6.45) is 1.02. The van der Waals surface area contributed by atoms with Gasteiger partial charge in [-0.15, -0.1) is 22.7 Å². The highest BCUT2D eigenvalue weighted by Gasteiger charge is 2.26. The number of fused-ring (bicyclic) bond motifs is 1. The molecule has 1 aliphatic heterocycles. The highest BCUT2D eigenvalue weighted by atomic mass is 32.2. The first-order chi connectivity index (χ1) is 13.4. The molecule has 0 aromatic carbocycles. The molecule has 1 amide bonds. The van der Waals surface area contributed by atoms with E-state index in [9.17, 15) is 13.2 Å². The summed E-state index contributed by atoms with van der Waals surface area (Å²) in [5, 5.41) is 4.14. The summed E-state index contributed by atoms with van der Waals surface area (Å²) in [6, 6.07) is 4.13. The fraction of sp³-hybridized carbons (Fsp3) is 0.611. The zero-order valence-corrected chi connectivity index (χ0v) is 18.7. The SMILES string of the molecule is CCc1cc2cc(C(=O)NCCN3CCN(S(=O)(=O)CCOC)CC3)sc2s1. The van der Waals surface area contributed by atoms with Crippen LogP contribution in [-0.2, 0) is 21.2 Å². The molecule has 0 radical (unpaired) electrons. The summed E-state index contributed by atoms with van der Waals surface area (Å²) in [6.45, 7) is 5.96. The molecule has 0 saturated carbocycles. The molecule has 0 spiro atoms. The summed E-state index contributed by atoms with van der Waals surface area (Å²) in [4.78, 5) is 16.7. The summed E-state index contributed by atoms with van der Waals surface area (Å²) in [5.74, 6) is -0.00961. The number of hydrogen-bond acceptors (Lipinski definition) is 7. The van der Waals surface area contributed by atoms with Gasteiger partial charge in [-0.25, -0.2) is 8.42 Å². The molecule has 1 saturated heterocycles. The van der Waals surface area contributed by atoms with Crippen molar-refractivity contribution in [3.8, 4) is 0 Å². The maximum absolute atomic E-state index is 12.4. The van der Waals surface area contributed by atoms with Crippen molar-refractivity contribution in [3.05, 3.63) is 21.9 Å². The van der Waals surface area contributed by atoms with Crippen LogP contribution in [0.3, 0.4) is 0 Å². The molecule has 0 unspecified atom stereocenters. The number of sulfonamides is 1. The molecule has 156 valence electrons. The Bertz CT molecular complexity index is 867. The van der Waals surface area contributed by atoms with E-state index in [0.29, 0.717) is 32.7 Å². The van der Waals surface area contributed by atoms with Gasteiger partial charge in [-0.2, -0.15) is 4.31 Å². The second-order valence-electron chi connectivity index (χ2n) is 6.73. The molecular formula is C18H27N3O4S3. The fourth-order valence-electron chi connectivity index (χ4n) is 3.14. The van der Waals surface area contributed by atoms with Gasteiger partial charge < -0.3 is 10.1 Å². The van der Waals surface area contributed by atoms with Crippen molar-refractivity contribution in [1.82, 2.24) is 14.5 Å². The Morgan fingerprint density at radius 1 is 1.21 bits per heavy atom. The van der Waals surface area contributed by atoms with Crippen LogP contribution in [-0.4, -0.2) is 82.3 Å². The van der Waals surface area contributed by atoms with Gasteiger partial charge in [0.05, 0.1) is 21.3 Å². The van der Waals surface area contributed by atoms with Crippen LogP contribution in [0.15, 0.2) is 12.1 Å². The van der Waals surface area contributed by atoms with Crippen LogP contribution in [0.1, 0.15) is 21.5 Å². The number of amides is 1. The minimum Gasteiger partial charge on any atom is -0.384 e. The lowest BCUT2D eigenvalue weighted by Crippen LogP contribution is -2.50. The molecule has 1 N–H and O–H groups in total. The molecule has 1 fully saturated rings. The summed E-state index contributed by atoms with van der Waals surface area (Å²) >= 11 is 3.30. The summed E-state index contributed by atoms with van der Waals surface area (Å²) in [5.41, 5.74) is 0. The molecule has 28 heavy (non-hydrogen) atoms. The zero-order chi connectivity index (χ0) is 20.1.